The molecular formula is C17H21N3O3. The van der Waals surface area contributed by atoms with Crippen molar-refractivity contribution in [1.29, 1.82) is 0 Å². The van der Waals surface area contributed by atoms with Gasteiger partial charge in [0, 0.05) is 11.4 Å². The van der Waals surface area contributed by atoms with Crippen LogP contribution in [0.25, 0.3) is 10.9 Å². The van der Waals surface area contributed by atoms with Crippen LogP contribution in [0.4, 0.5) is 0 Å². The molecule has 6 nitrogen and oxygen atoms in total. The Kier molecular flexibility index (Phi) is 4.60. The van der Waals surface area contributed by atoms with Crippen LogP contribution in [0.5, 0.6) is 0 Å². The molecule has 122 valence electrons. The number of rotatable bonds is 4. The third kappa shape index (κ3) is 3.52. The zero-order valence-electron chi connectivity index (χ0n) is 13.2. The van der Waals surface area contributed by atoms with E-state index in [0.29, 0.717) is 11.3 Å². The minimum atomic E-state index is -0.589. The minimum absolute atomic E-state index is 0.182. The lowest BCUT2D eigenvalue weighted by Crippen LogP contribution is -2.42. The molecule has 1 aromatic carbocycles. The quantitative estimate of drug-likeness (QED) is 0.849. The first-order valence-electron chi connectivity index (χ1n) is 8.05. The summed E-state index contributed by atoms with van der Waals surface area (Å²) < 4.78 is 5.10. The van der Waals surface area contributed by atoms with Crippen molar-refractivity contribution in [3.05, 3.63) is 30.0 Å². The molecular weight excluding hydrogens is 294 g/mol. The number of carbonyl (C=O) groups is 2. The molecule has 1 aromatic heterocycles. The average molecular weight is 315 g/mol. The molecule has 0 unspecified atom stereocenters. The molecule has 1 heterocycles. The Morgan fingerprint density at radius 3 is 2.91 bits per heavy atom. The second-order valence-corrected chi connectivity index (χ2v) is 6.13. The van der Waals surface area contributed by atoms with Crippen molar-refractivity contribution in [2.75, 3.05) is 6.61 Å². The SMILES string of the molecule is C[C@H]1CCCC[C@H]1NC(=O)COC(=O)c1n[nH]c2ccccc12. The number of carbonyl (C=O) groups excluding carboxylic acids is 2. The van der Waals surface area contributed by atoms with Crippen LogP contribution in [-0.4, -0.2) is 34.7 Å². The van der Waals surface area contributed by atoms with Gasteiger partial charge in [-0.1, -0.05) is 38.0 Å². The van der Waals surface area contributed by atoms with Gasteiger partial charge in [-0.2, -0.15) is 5.10 Å². The third-order valence-electron chi connectivity index (χ3n) is 4.46. The fourth-order valence-electron chi connectivity index (χ4n) is 3.10. The predicted octanol–water partition coefficient (Wildman–Crippen LogP) is 2.41. The predicted molar refractivity (Wildman–Crippen MR) is 85.9 cm³/mol. The van der Waals surface area contributed by atoms with Crippen LogP contribution in [0, 0.1) is 5.92 Å². The fourth-order valence-corrected chi connectivity index (χ4v) is 3.10. The Labute approximate surface area is 134 Å². The summed E-state index contributed by atoms with van der Waals surface area (Å²) in [5, 5.41) is 10.4. The van der Waals surface area contributed by atoms with E-state index in [1.54, 1.807) is 6.07 Å². The van der Waals surface area contributed by atoms with Gasteiger partial charge in [-0.15, -0.1) is 0 Å². The number of nitrogens with zero attached hydrogens (tertiary/aromatic N) is 1. The first kappa shape index (κ1) is 15.5. The number of amides is 1. The molecule has 0 spiro atoms. The molecule has 2 N–H and O–H groups in total. The normalized spacial score (nSPS) is 21.1. The standard InChI is InChI=1S/C17H21N3O3/c1-11-6-2-4-8-13(11)18-15(21)10-23-17(22)16-12-7-3-5-9-14(12)19-20-16/h3,5,7,9,11,13H,2,4,6,8,10H2,1H3,(H,18,21)(H,19,20)/t11-,13+/m0/s1. The first-order valence-corrected chi connectivity index (χ1v) is 8.05. The molecule has 1 saturated carbocycles. The zero-order chi connectivity index (χ0) is 16.2. The summed E-state index contributed by atoms with van der Waals surface area (Å²) >= 11 is 0. The van der Waals surface area contributed by atoms with Crippen LogP contribution in [0.3, 0.4) is 0 Å². The van der Waals surface area contributed by atoms with Crippen molar-refractivity contribution >= 4 is 22.8 Å². The molecule has 2 aromatic rings. The fraction of sp³-hybridized carbons (Fsp3) is 0.471. The minimum Gasteiger partial charge on any atom is -0.451 e. The molecule has 0 radical (unpaired) electrons. The second-order valence-electron chi connectivity index (χ2n) is 6.13. The number of nitrogens with one attached hydrogen (secondary N) is 2. The maximum Gasteiger partial charge on any atom is 0.359 e. The van der Waals surface area contributed by atoms with Gasteiger partial charge in [0.15, 0.2) is 12.3 Å². The largest absolute Gasteiger partial charge is 0.451 e. The van der Waals surface area contributed by atoms with E-state index in [-0.39, 0.29) is 24.2 Å². The molecule has 1 aliphatic carbocycles. The summed E-state index contributed by atoms with van der Waals surface area (Å²) in [6.45, 7) is 1.87. The molecule has 1 fully saturated rings. The van der Waals surface area contributed by atoms with Crippen LogP contribution in [0.1, 0.15) is 43.1 Å². The van der Waals surface area contributed by atoms with Crippen LogP contribution in [-0.2, 0) is 9.53 Å². The van der Waals surface area contributed by atoms with E-state index in [1.165, 1.54) is 6.42 Å². The Hall–Kier alpha value is -2.37. The molecule has 2 atom stereocenters. The van der Waals surface area contributed by atoms with Gasteiger partial charge in [0.2, 0.25) is 0 Å². The topological polar surface area (TPSA) is 84.1 Å². The average Bonchev–Trinajstić information content (AvgIpc) is 2.99. The van der Waals surface area contributed by atoms with Gasteiger partial charge >= 0.3 is 5.97 Å². The summed E-state index contributed by atoms with van der Waals surface area (Å²) in [6.07, 6.45) is 4.47. The van der Waals surface area contributed by atoms with E-state index in [4.69, 9.17) is 4.74 Å². The second kappa shape index (κ2) is 6.81. The molecule has 0 saturated heterocycles. The highest BCUT2D eigenvalue weighted by Crippen LogP contribution is 2.23. The maximum absolute atomic E-state index is 12.1. The van der Waals surface area contributed by atoms with Gasteiger partial charge in [0.1, 0.15) is 0 Å². The zero-order valence-corrected chi connectivity index (χ0v) is 13.2. The lowest BCUT2D eigenvalue weighted by Gasteiger charge is -2.29. The molecule has 3 rings (SSSR count). The van der Waals surface area contributed by atoms with Gasteiger partial charge in [0.25, 0.3) is 5.91 Å². The molecule has 1 amide bonds. The number of H-pyrrole nitrogens is 1. The molecule has 23 heavy (non-hydrogen) atoms. The molecule has 0 bridgehead atoms. The number of esters is 1. The highest BCUT2D eigenvalue weighted by atomic mass is 16.5. The maximum atomic E-state index is 12.1. The highest BCUT2D eigenvalue weighted by molar-refractivity contribution is 6.02. The number of para-hydroxylation sites is 1. The van der Waals surface area contributed by atoms with E-state index >= 15 is 0 Å². The molecule has 6 heteroatoms. The van der Waals surface area contributed by atoms with E-state index in [9.17, 15) is 9.59 Å². The Bertz CT molecular complexity index is 710. The van der Waals surface area contributed by atoms with Gasteiger partial charge in [-0.25, -0.2) is 4.79 Å². The van der Waals surface area contributed by atoms with Crippen molar-refractivity contribution in [2.24, 2.45) is 5.92 Å². The van der Waals surface area contributed by atoms with E-state index in [2.05, 4.69) is 22.4 Å². The van der Waals surface area contributed by atoms with Crippen LogP contribution in [0.15, 0.2) is 24.3 Å². The van der Waals surface area contributed by atoms with Gasteiger partial charge in [0.05, 0.1) is 5.52 Å². The van der Waals surface area contributed by atoms with Gasteiger partial charge in [-0.3, -0.25) is 9.89 Å². The Morgan fingerprint density at radius 1 is 1.30 bits per heavy atom. The van der Waals surface area contributed by atoms with Crippen LogP contribution >= 0.6 is 0 Å². The van der Waals surface area contributed by atoms with Gasteiger partial charge < -0.3 is 10.1 Å². The number of aromatic nitrogens is 2. The lowest BCUT2D eigenvalue weighted by molar-refractivity contribution is -0.125. The van der Waals surface area contributed by atoms with Crippen molar-refractivity contribution < 1.29 is 14.3 Å². The third-order valence-corrected chi connectivity index (χ3v) is 4.46. The summed E-state index contributed by atoms with van der Waals surface area (Å²) in [7, 11) is 0. The Balaban J connectivity index is 1.55. The van der Waals surface area contributed by atoms with Crippen molar-refractivity contribution in [3.8, 4) is 0 Å². The van der Waals surface area contributed by atoms with E-state index in [1.807, 2.05) is 18.2 Å². The number of benzene rings is 1. The molecule has 0 aliphatic heterocycles. The van der Waals surface area contributed by atoms with Crippen LogP contribution in [0.2, 0.25) is 0 Å². The van der Waals surface area contributed by atoms with E-state index in [0.717, 1.165) is 24.8 Å². The molecule has 1 aliphatic rings. The van der Waals surface area contributed by atoms with E-state index < -0.39 is 5.97 Å². The summed E-state index contributed by atoms with van der Waals surface area (Å²) in [5.74, 6) is -0.370. The monoisotopic (exact) mass is 315 g/mol. The number of hydrogen-bond acceptors (Lipinski definition) is 4. The summed E-state index contributed by atoms with van der Waals surface area (Å²) in [6, 6.07) is 7.48. The number of hydrogen-bond donors (Lipinski definition) is 2. The summed E-state index contributed by atoms with van der Waals surface area (Å²) in [4.78, 5) is 24.1. The smallest absolute Gasteiger partial charge is 0.359 e. The van der Waals surface area contributed by atoms with Crippen molar-refractivity contribution in [2.45, 2.75) is 38.6 Å². The first-order chi connectivity index (χ1) is 11.1. The number of fused-ring (bicyclic) bond motifs is 1. The van der Waals surface area contributed by atoms with Crippen molar-refractivity contribution in [1.82, 2.24) is 15.5 Å². The van der Waals surface area contributed by atoms with Crippen LogP contribution < -0.4 is 5.32 Å². The highest BCUT2D eigenvalue weighted by Gasteiger charge is 2.23. The Morgan fingerprint density at radius 2 is 2.09 bits per heavy atom. The lowest BCUT2D eigenvalue weighted by atomic mass is 9.86. The summed E-state index contributed by atoms with van der Waals surface area (Å²) in [5.41, 5.74) is 0.972. The van der Waals surface area contributed by atoms with Crippen molar-refractivity contribution in [3.63, 3.8) is 0 Å². The number of aromatic amines is 1. The number of ether oxygens (including phenoxy) is 1. The van der Waals surface area contributed by atoms with Gasteiger partial charge in [-0.05, 0) is 24.8 Å².